The molecule has 20 heavy (non-hydrogen) atoms. The van der Waals surface area contributed by atoms with Crippen molar-refractivity contribution >= 4 is 11.6 Å². The van der Waals surface area contributed by atoms with E-state index in [-0.39, 0.29) is 17.7 Å². The first kappa shape index (κ1) is 14.7. The molecule has 0 unspecified atom stereocenters. The van der Waals surface area contributed by atoms with Gasteiger partial charge in [-0.1, -0.05) is 6.92 Å². The number of nitrogens with two attached hydrogens (primary N) is 1. The van der Waals surface area contributed by atoms with Gasteiger partial charge >= 0.3 is 0 Å². The van der Waals surface area contributed by atoms with Crippen LogP contribution in [0.25, 0.3) is 0 Å². The predicted molar refractivity (Wildman–Crippen MR) is 70.3 cm³/mol. The molecule has 1 saturated heterocycles. The number of hydrogen-bond acceptors (Lipinski definition) is 2. The molecule has 1 heterocycles. The van der Waals surface area contributed by atoms with Crippen molar-refractivity contribution in [3.8, 4) is 0 Å². The Bertz CT molecular complexity index is 540. The Hall–Kier alpha value is -1.72. The van der Waals surface area contributed by atoms with Crippen molar-refractivity contribution in [3.63, 3.8) is 0 Å². The third-order valence-electron chi connectivity index (χ3n) is 3.67. The highest BCUT2D eigenvalue weighted by Gasteiger charge is 2.29. The second kappa shape index (κ2) is 5.73. The first-order valence-corrected chi connectivity index (χ1v) is 6.73. The molecule has 1 aliphatic heterocycles. The fraction of sp³-hybridized carbons (Fsp3) is 0.500. The minimum atomic E-state index is -1.63. The van der Waals surface area contributed by atoms with E-state index in [1.165, 1.54) is 0 Å². The van der Waals surface area contributed by atoms with E-state index < -0.39 is 28.9 Å². The van der Waals surface area contributed by atoms with E-state index in [4.69, 9.17) is 5.73 Å². The summed E-state index contributed by atoms with van der Waals surface area (Å²) in [7, 11) is 0. The maximum atomic E-state index is 14.1. The molecule has 1 aliphatic rings. The van der Waals surface area contributed by atoms with Gasteiger partial charge in [-0.05, 0) is 31.2 Å². The highest BCUT2D eigenvalue weighted by Crippen LogP contribution is 2.34. The number of carbonyl (C=O) groups excluding carboxylic acids is 1. The summed E-state index contributed by atoms with van der Waals surface area (Å²) in [6.45, 7) is 2.78. The molecule has 1 aromatic rings. The van der Waals surface area contributed by atoms with Crippen LogP contribution < -0.4 is 10.6 Å². The summed E-state index contributed by atoms with van der Waals surface area (Å²) >= 11 is 0. The van der Waals surface area contributed by atoms with Crippen molar-refractivity contribution in [2.24, 2.45) is 5.73 Å². The molecule has 0 aliphatic carbocycles. The fourth-order valence-electron chi connectivity index (χ4n) is 2.74. The van der Waals surface area contributed by atoms with Crippen LogP contribution in [0.15, 0.2) is 0 Å². The molecule has 0 atom stereocenters. The van der Waals surface area contributed by atoms with Crippen LogP contribution in [0.1, 0.15) is 42.1 Å². The summed E-state index contributed by atoms with van der Waals surface area (Å²) in [5.41, 5.74) is 4.72. The quantitative estimate of drug-likeness (QED) is 0.868. The summed E-state index contributed by atoms with van der Waals surface area (Å²) in [4.78, 5) is 13.0. The summed E-state index contributed by atoms with van der Waals surface area (Å²) < 4.78 is 41.6. The molecule has 3 nitrogen and oxygen atoms in total. The van der Waals surface area contributed by atoms with Gasteiger partial charge in [-0.25, -0.2) is 13.2 Å². The number of rotatable bonds is 3. The van der Waals surface area contributed by atoms with Crippen LogP contribution in [-0.4, -0.2) is 19.0 Å². The average molecular weight is 286 g/mol. The second-order valence-electron chi connectivity index (χ2n) is 4.91. The van der Waals surface area contributed by atoms with Crippen molar-refractivity contribution in [2.45, 2.75) is 32.6 Å². The van der Waals surface area contributed by atoms with Gasteiger partial charge in [-0.3, -0.25) is 4.79 Å². The van der Waals surface area contributed by atoms with Crippen molar-refractivity contribution in [3.05, 3.63) is 28.6 Å². The monoisotopic (exact) mass is 286 g/mol. The van der Waals surface area contributed by atoms with Gasteiger partial charge in [-0.15, -0.1) is 0 Å². The zero-order chi connectivity index (χ0) is 14.9. The zero-order valence-electron chi connectivity index (χ0n) is 11.3. The number of carbonyl (C=O) groups is 1. The normalized spacial score (nSPS) is 15.5. The van der Waals surface area contributed by atoms with E-state index in [2.05, 4.69) is 0 Å². The van der Waals surface area contributed by atoms with Gasteiger partial charge in [0.1, 0.15) is 0 Å². The van der Waals surface area contributed by atoms with E-state index in [9.17, 15) is 18.0 Å². The Kier molecular flexibility index (Phi) is 4.20. The van der Waals surface area contributed by atoms with Crippen LogP contribution in [0, 0.1) is 17.5 Å². The number of halogens is 3. The highest BCUT2D eigenvalue weighted by atomic mass is 19.2. The first-order chi connectivity index (χ1) is 9.49. The molecule has 0 bridgehead atoms. The summed E-state index contributed by atoms with van der Waals surface area (Å²) in [6.07, 6.45) is 2.94. The Balaban J connectivity index is 2.67. The lowest BCUT2D eigenvalue weighted by Crippen LogP contribution is -2.33. The molecule has 0 radical (unpaired) electrons. The first-order valence-electron chi connectivity index (χ1n) is 6.73. The van der Waals surface area contributed by atoms with Gasteiger partial charge in [0.25, 0.3) is 5.91 Å². The maximum Gasteiger partial charge on any atom is 0.252 e. The average Bonchev–Trinajstić information content (AvgIpc) is 2.44. The number of anilines is 1. The largest absolute Gasteiger partial charge is 0.369 e. The minimum Gasteiger partial charge on any atom is -0.369 e. The van der Waals surface area contributed by atoms with Crippen LogP contribution in [0.5, 0.6) is 0 Å². The van der Waals surface area contributed by atoms with E-state index >= 15 is 0 Å². The van der Waals surface area contributed by atoms with Crippen LogP contribution >= 0.6 is 0 Å². The van der Waals surface area contributed by atoms with Gasteiger partial charge in [0, 0.05) is 13.1 Å². The van der Waals surface area contributed by atoms with Crippen molar-refractivity contribution < 1.29 is 18.0 Å². The van der Waals surface area contributed by atoms with Gasteiger partial charge < -0.3 is 10.6 Å². The van der Waals surface area contributed by atoms with E-state index in [0.29, 0.717) is 13.1 Å². The highest BCUT2D eigenvalue weighted by molar-refractivity contribution is 5.96. The molecule has 1 fully saturated rings. The Morgan fingerprint density at radius 2 is 1.70 bits per heavy atom. The van der Waals surface area contributed by atoms with E-state index in [0.717, 1.165) is 19.3 Å². The molecular formula is C14H17F3N2O. The number of piperidine rings is 1. The molecule has 6 heteroatoms. The van der Waals surface area contributed by atoms with Crippen LogP contribution in [-0.2, 0) is 6.42 Å². The van der Waals surface area contributed by atoms with Crippen LogP contribution in [0.3, 0.4) is 0 Å². The predicted octanol–water partition coefficient (Wildman–Crippen LogP) is 2.76. The van der Waals surface area contributed by atoms with Crippen molar-refractivity contribution in [1.82, 2.24) is 0 Å². The lowest BCUT2D eigenvalue weighted by Gasteiger charge is -2.31. The Morgan fingerprint density at radius 1 is 1.10 bits per heavy atom. The molecular weight excluding hydrogens is 269 g/mol. The lowest BCUT2D eigenvalue weighted by atomic mass is 9.98. The standard InChI is InChI=1S/C14H17F3N2O/c1-2-8-9(14(18)20)10(15)11(16)12(17)13(8)19-6-4-3-5-7-19/h2-7H2,1H3,(H2,18,20). The molecule has 2 N–H and O–H groups in total. The zero-order valence-corrected chi connectivity index (χ0v) is 11.3. The summed E-state index contributed by atoms with van der Waals surface area (Å²) in [6, 6.07) is 0. The molecule has 2 rings (SSSR count). The topological polar surface area (TPSA) is 46.3 Å². The smallest absolute Gasteiger partial charge is 0.252 e. The molecule has 110 valence electrons. The number of hydrogen-bond donors (Lipinski definition) is 1. The van der Waals surface area contributed by atoms with E-state index in [1.807, 2.05) is 0 Å². The SMILES string of the molecule is CCc1c(C(N)=O)c(F)c(F)c(F)c1N1CCCCC1. The Labute approximate surface area is 115 Å². The van der Waals surface area contributed by atoms with Crippen LogP contribution in [0.4, 0.5) is 18.9 Å². The van der Waals surface area contributed by atoms with Gasteiger partial charge in [-0.2, -0.15) is 0 Å². The number of primary amides is 1. The van der Waals surface area contributed by atoms with Crippen molar-refractivity contribution in [2.75, 3.05) is 18.0 Å². The summed E-state index contributed by atoms with van der Waals surface area (Å²) in [5.74, 6) is -5.42. The number of benzene rings is 1. The van der Waals surface area contributed by atoms with Gasteiger partial charge in [0.2, 0.25) is 0 Å². The summed E-state index contributed by atoms with van der Waals surface area (Å²) in [5, 5.41) is 0. The molecule has 1 amide bonds. The third-order valence-corrected chi connectivity index (χ3v) is 3.67. The fourth-order valence-corrected chi connectivity index (χ4v) is 2.74. The lowest BCUT2D eigenvalue weighted by molar-refractivity contribution is 0.0994. The molecule has 0 saturated carbocycles. The van der Waals surface area contributed by atoms with Crippen LogP contribution in [0.2, 0.25) is 0 Å². The second-order valence-corrected chi connectivity index (χ2v) is 4.91. The minimum absolute atomic E-state index is 0.0140. The Morgan fingerprint density at radius 3 is 2.20 bits per heavy atom. The van der Waals surface area contributed by atoms with E-state index in [1.54, 1.807) is 11.8 Å². The van der Waals surface area contributed by atoms with Crippen molar-refractivity contribution in [1.29, 1.82) is 0 Å². The molecule has 1 aromatic carbocycles. The maximum absolute atomic E-state index is 14.1. The number of nitrogens with zero attached hydrogens (tertiary/aromatic N) is 1. The molecule has 0 spiro atoms. The van der Waals surface area contributed by atoms with Gasteiger partial charge in [0.15, 0.2) is 17.5 Å². The molecule has 0 aromatic heterocycles. The third kappa shape index (κ3) is 2.34. The van der Waals surface area contributed by atoms with Gasteiger partial charge in [0.05, 0.1) is 11.3 Å². The number of amides is 1.